The number of nitrogens with one attached hydrogen (secondary N) is 2. The molecule has 0 aliphatic rings. The molecule has 0 aliphatic carbocycles. The van der Waals surface area contributed by atoms with Crippen molar-refractivity contribution in [3.05, 3.63) is 24.3 Å². The third-order valence-corrected chi connectivity index (χ3v) is 4.41. The normalized spacial score (nSPS) is 10.5. The Hall–Kier alpha value is -1.84. The predicted octanol–water partition coefficient (Wildman–Crippen LogP) is 6.28. The van der Waals surface area contributed by atoms with Gasteiger partial charge in [0.1, 0.15) is 0 Å². The van der Waals surface area contributed by atoms with E-state index in [9.17, 15) is 9.59 Å². The molecule has 2 N–H and O–H groups in total. The van der Waals surface area contributed by atoms with Gasteiger partial charge in [0, 0.05) is 24.2 Å². The quantitative estimate of drug-likeness (QED) is 0.383. The van der Waals surface area contributed by atoms with Gasteiger partial charge in [0.25, 0.3) is 0 Å². The molecule has 1 aromatic carbocycles. The standard InChI is InChI=1S/C22H36N2O2/c1-3-5-6-7-8-9-10-11-12-17-22(26)24-20-16-13-15-19(18-20)23-21(25)14-4-2/h13,15-16,18H,3-12,14,17H2,1-2H3,(H,23,25)(H,24,26). The van der Waals surface area contributed by atoms with Crippen LogP contribution in [0.25, 0.3) is 0 Å². The van der Waals surface area contributed by atoms with E-state index < -0.39 is 0 Å². The highest BCUT2D eigenvalue weighted by atomic mass is 16.2. The first-order valence-corrected chi connectivity index (χ1v) is 10.4. The maximum Gasteiger partial charge on any atom is 0.224 e. The van der Waals surface area contributed by atoms with Gasteiger partial charge in [-0.1, -0.05) is 71.3 Å². The van der Waals surface area contributed by atoms with Crippen molar-refractivity contribution < 1.29 is 9.59 Å². The Morgan fingerprint density at radius 1 is 0.692 bits per heavy atom. The van der Waals surface area contributed by atoms with Crippen LogP contribution in [0.4, 0.5) is 11.4 Å². The lowest BCUT2D eigenvalue weighted by Gasteiger charge is -2.09. The Labute approximate surface area is 159 Å². The van der Waals surface area contributed by atoms with Crippen molar-refractivity contribution in [3.63, 3.8) is 0 Å². The molecule has 0 saturated carbocycles. The minimum absolute atomic E-state index is 0.00525. The van der Waals surface area contributed by atoms with Crippen molar-refractivity contribution in [2.24, 2.45) is 0 Å². The van der Waals surface area contributed by atoms with Gasteiger partial charge in [-0.3, -0.25) is 9.59 Å². The fourth-order valence-corrected chi connectivity index (χ4v) is 2.94. The molecule has 1 aromatic rings. The molecule has 2 amide bonds. The summed E-state index contributed by atoms with van der Waals surface area (Å²) in [5.74, 6) is 0.0515. The summed E-state index contributed by atoms with van der Waals surface area (Å²) in [6.45, 7) is 4.21. The van der Waals surface area contributed by atoms with Crippen LogP contribution in [0, 0.1) is 0 Å². The second-order valence-corrected chi connectivity index (χ2v) is 7.01. The molecular formula is C22H36N2O2. The first kappa shape index (κ1) is 22.2. The highest BCUT2D eigenvalue weighted by molar-refractivity contribution is 5.94. The largest absolute Gasteiger partial charge is 0.326 e. The predicted molar refractivity (Wildman–Crippen MR) is 110 cm³/mol. The molecule has 1 rings (SSSR count). The fraction of sp³-hybridized carbons (Fsp3) is 0.636. The van der Waals surface area contributed by atoms with E-state index in [0.29, 0.717) is 12.8 Å². The van der Waals surface area contributed by atoms with Gasteiger partial charge >= 0.3 is 0 Å². The number of benzene rings is 1. The molecule has 4 nitrogen and oxygen atoms in total. The second kappa shape index (κ2) is 14.3. The topological polar surface area (TPSA) is 58.2 Å². The van der Waals surface area contributed by atoms with Crippen molar-refractivity contribution in [1.29, 1.82) is 0 Å². The SMILES string of the molecule is CCCCCCCCCCCC(=O)Nc1cccc(NC(=O)CCC)c1. The zero-order valence-corrected chi connectivity index (χ0v) is 16.6. The maximum absolute atomic E-state index is 12.1. The monoisotopic (exact) mass is 360 g/mol. The maximum atomic E-state index is 12.1. The van der Waals surface area contributed by atoms with E-state index in [1.807, 2.05) is 31.2 Å². The van der Waals surface area contributed by atoms with Gasteiger partial charge in [-0.05, 0) is 31.0 Å². The van der Waals surface area contributed by atoms with Crippen LogP contribution in [0.5, 0.6) is 0 Å². The first-order chi connectivity index (χ1) is 12.7. The Morgan fingerprint density at radius 2 is 1.19 bits per heavy atom. The molecule has 0 aliphatic heterocycles. The number of rotatable bonds is 14. The molecule has 0 fully saturated rings. The lowest BCUT2D eigenvalue weighted by atomic mass is 10.1. The van der Waals surface area contributed by atoms with Gasteiger partial charge in [0.05, 0.1) is 0 Å². The number of carbonyl (C=O) groups excluding carboxylic acids is 2. The fourth-order valence-electron chi connectivity index (χ4n) is 2.94. The average Bonchev–Trinajstić information content (AvgIpc) is 2.61. The van der Waals surface area contributed by atoms with Crippen LogP contribution in [0.1, 0.15) is 90.9 Å². The van der Waals surface area contributed by atoms with Gasteiger partial charge in [0.15, 0.2) is 0 Å². The van der Waals surface area contributed by atoms with Gasteiger partial charge in [-0.15, -0.1) is 0 Å². The summed E-state index contributed by atoms with van der Waals surface area (Å²) in [5, 5.41) is 5.77. The Kier molecular flexibility index (Phi) is 12.2. The van der Waals surface area contributed by atoms with E-state index in [2.05, 4.69) is 17.6 Å². The van der Waals surface area contributed by atoms with E-state index in [4.69, 9.17) is 0 Å². The van der Waals surface area contributed by atoms with E-state index in [1.54, 1.807) is 0 Å². The van der Waals surface area contributed by atoms with Crippen molar-refractivity contribution >= 4 is 23.2 Å². The van der Waals surface area contributed by atoms with Crippen LogP contribution in [-0.2, 0) is 9.59 Å². The van der Waals surface area contributed by atoms with E-state index >= 15 is 0 Å². The van der Waals surface area contributed by atoms with E-state index in [-0.39, 0.29) is 11.8 Å². The molecule has 0 radical (unpaired) electrons. The Balaban J connectivity index is 2.18. The Morgan fingerprint density at radius 3 is 1.73 bits per heavy atom. The molecule has 0 unspecified atom stereocenters. The first-order valence-electron chi connectivity index (χ1n) is 10.4. The molecule has 26 heavy (non-hydrogen) atoms. The number of amides is 2. The van der Waals surface area contributed by atoms with Gasteiger partial charge in [0.2, 0.25) is 11.8 Å². The highest BCUT2D eigenvalue weighted by Gasteiger charge is 2.05. The third-order valence-electron chi connectivity index (χ3n) is 4.41. The molecule has 4 heteroatoms. The van der Waals surface area contributed by atoms with Gasteiger partial charge < -0.3 is 10.6 Å². The van der Waals surface area contributed by atoms with E-state index in [0.717, 1.165) is 30.6 Å². The van der Waals surface area contributed by atoms with Crippen LogP contribution in [0.2, 0.25) is 0 Å². The number of carbonyl (C=O) groups is 2. The van der Waals surface area contributed by atoms with Crippen molar-refractivity contribution in [2.45, 2.75) is 90.9 Å². The minimum Gasteiger partial charge on any atom is -0.326 e. The second-order valence-electron chi connectivity index (χ2n) is 7.01. The van der Waals surface area contributed by atoms with Crippen LogP contribution in [0.15, 0.2) is 24.3 Å². The molecule has 0 atom stereocenters. The van der Waals surface area contributed by atoms with Crippen LogP contribution < -0.4 is 10.6 Å². The molecule has 0 spiro atoms. The van der Waals surface area contributed by atoms with E-state index in [1.165, 1.54) is 44.9 Å². The average molecular weight is 361 g/mol. The van der Waals surface area contributed by atoms with Crippen LogP contribution in [0.3, 0.4) is 0 Å². The third kappa shape index (κ3) is 10.9. The highest BCUT2D eigenvalue weighted by Crippen LogP contribution is 2.16. The summed E-state index contributed by atoms with van der Waals surface area (Å²) in [7, 11) is 0. The minimum atomic E-state index is 0.00525. The zero-order chi connectivity index (χ0) is 19.0. The van der Waals surface area contributed by atoms with Gasteiger partial charge in [-0.2, -0.15) is 0 Å². The summed E-state index contributed by atoms with van der Waals surface area (Å²) < 4.78 is 0. The number of hydrogen-bond acceptors (Lipinski definition) is 2. The number of unbranched alkanes of at least 4 members (excludes halogenated alkanes) is 8. The van der Waals surface area contributed by atoms with Crippen LogP contribution >= 0.6 is 0 Å². The van der Waals surface area contributed by atoms with Crippen molar-refractivity contribution in [2.75, 3.05) is 10.6 Å². The number of anilines is 2. The summed E-state index contributed by atoms with van der Waals surface area (Å²) in [4.78, 5) is 23.7. The Bertz CT molecular complexity index is 529. The molecule has 146 valence electrons. The molecule has 0 saturated heterocycles. The summed E-state index contributed by atoms with van der Waals surface area (Å²) in [5.41, 5.74) is 1.46. The summed E-state index contributed by atoms with van der Waals surface area (Å²) in [6, 6.07) is 7.34. The zero-order valence-electron chi connectivity index (χ0n) is 16.6. The molecular weight excluding hydrogens is 324 g/mol. The van der Waals surface area contributed by atoms with Crippen molar-refractivity contribution in [3.8, 4) is 0 Å². The molecule has 0 bridgehead atoms. The number of hydrogen-bond donors (Lipinski definition) is 2. The summed E-state index contributed by atoms with van der Waals surface area (Å²) in [6.07, 6.45) is 13.1. The van der Waals surface area contributed by atoms with Crippen LogP contribution in [-0.4, -0.2) is 11.8 Å². The lowest BCUT2D eigenvalue weighted by Crippen LogP contribution is -2.13. The van der Waals surface area contributed by atoms with Gasteiger partial charge in [-0.25, -0.2) is 0 Å². The molecule has 0 heterocycles. The smallest absolute Gasteiger partial charge is 0.224 e. The lowest BCUT2D eigenvalue weighted by molar-refractivity contribution is -0.117. The molecule has 0 aromatic heterocycles. The summed E-state index contributed by atoms with van der Waals surface area (Å²) >= 11 is 0. The van der Waals surface area contributed by atoms with Crippen molar-refractivity contribution in [1.82, 2.24) is 0 Å².